The molecule has 0 atom stereocenters. The van der Waals surface area contributed by atoms with Crippen molar-refractivity contribution in [3.05, 3.63) is 70.6 Å². The molecular formula is C16H13N5OS2. The van der Waals surface area contributed by atoms with Crippen LogP contribution in [0.3, 0.4) is 0 Å². The van der Waals surface area contributed by atoms with E-state index in [4.69, 9.17) is 18.0 Å². The average Bonchev–Trinajstić information content (AvgIpc) is 2.58. The van der Waals surface area contributed by atoms with E-state index in [1.54, 1.807) is 18.3 Å². The van der Waals surface area contributed by atoms with E-state index in [1.165, 1.54) is 22.4 Å². The zero-order valence-corrected chi connectivity index (χ0v) is 14.1. The van der Waals surface area contributed by atoms with Gasteiger partial charge in [0, 0.05) is 11.1 Å². The number of nitrogens with two attached hydrogens (primary N) is 1. The number of hydrogen-bond donors (Lipinski definition) is 2. The Morgan fingerprint density at radius 3 is 2.75 bits per heavy atom. The van der Waals surface area contributed by atoms with Gasteiger partial charge >= 0.3 is 0 Å². The molecule has 0 aliphatic heterocycles. The number of hydrogen-bond acceptors (Lipinski definition) is 5. The fourth-order valence-electron chi connectivity index (χ4n) is 2.03. The lowest BCUT2D eigenvalue weighted by Gasteiger charge is -2.07. The van der Waals surface area contributed by atoms with Crippen LogP contribution < -0.4 is 16.7 Å². The highest BCUT2D eigenvalue weighted by atomic mass is 32.2. The third-order valence-corrected chi connectivity index (χ3v) is 4.16. The van der Waals surface area contributed by atoms with Gasteiger partial charge in [-0.05, 0) is 36.5 Å². The average molecular weight is 355 g/mol. The number of fused-ring (bicyclic) bond motifs is 1. The van der Waals surface area contributed by atoms with Gasteiger partial charge in [0.1, 0.15) is 10.7 Å². The summed E-state index contributed by atoms with van der Waals surface area (Å²) >= 11 is 6.10. The molecule has 0 aliphatic rings. The first-order valence-corrected chi connectivity index (χ1v) is 8.20. The molecule has 2 heterocycles. The predicted molar refractivity (Wildman–Crippen MR) is 99.5 cm³/mol. The van der Waals surface area contributed by atoms with Crippen molar-refractivity contribution in [2.24, 2.45) is 10.8 Å². The summed E-state index contributed by atoms with van der Waals surface area (Å²) in [6.45, 7) is 0. The minimum atomic E-state index is -0.215. The monoisotopic (exact) mass is 355 g/mol. The lowest BCUT2D eigenvalue weighted by atomic mass is 10.3. The van der Waals surface area contributed by atoms with Gasteiger partial charge in [0.2, 0.25) is 0 Å². The molecule has 3 rings (SSSR count). The van der Waals surface area contributed by atoms with E-state index < -0.39 is 0 Å². The van der Waals surface area contributed by atoms with Crippen molar-refractivity contribution in [3.63, 3.8) is 0 Å². The van der Waals surface area contributed by atoms with Crippen LogP contribution in [0.4, 0.5) is 0 Å². The molecule has 0 radical (unpaired) electrons. The Balaban J connectivity index is 2.12. The number of aromatic nitrogens is 2. The van der Waals surface area contributed by atoms with Gasteiger partial charge in [-0.3, -0.25) is 14.6 Å². The summed E-state index contributed by atoms with van der Waals surface area (Å²) in [5.41, 5.74) is 8.52. The topological polar surface area (TPSA) is 84.8 Å². The van der Waals surface area contributed by atoms with E-state index in [0.29, 0.717) is 16.2 Å². The smallest absolute Gasteiger partial charge is 0.267 e. The first-order valence-electron chi connectivity index (χ1n) is 6.98. The molecule has 0 unspecified atom stereocenters. The van der Waals surface area contributed by atoms with Crippen molar-refractivity contribution in [1.82, 2.24) is 14.8 Å². The van der Waals surface area contributed by atoms with Crippen molar-refractivity contribution in [1.29, 1.82) is 0 Å². The molecule has 0 aliphatic carbocycles. The SMILES string of the molecule is NC(=S)N/N=C\c1c(Sc2ccccc2)nc2ccccn2c1=O. The van der Waals surface area contributed by atoms with Crippen LogP contribution in [0.15, 0.2) is 74.5 Å². The number of pyridine rings is 1. The standard InChI is InChI=1S/C16H13N5OS2/c17-16(23)20-18-10-12-14(24-11-6-2-1-3-7-11)19-13-8-4-5-9-21(13)15(12)22/h1-10H,(H3,17,20,23)/b18-10-. The second-order valence-electron chi connectivity index (χ2n) is 4.71. The van der Waals surface area contributed by atoms with Crippen LogP contribution in [0.1, 0.15) is 5.56 Å². The third kappa shape index (κ3) is 3.61. The van der Waals surface area contributed by atoms with Crippen LogP contribution in [0.25, 0.3) is 5.65 Å². The Morgan fingerprint density at radius 1 is 1.25 bits per heavy atom. The second-order valence-corrected chi connectivity index (χ2v) is 6.22. The van der Waals surface area contributed by atoms with Crippen molar-refractivity contribution >= 4 is 41.0 Å². The Morgan fingerprint density at radius 2 is 2.00 bits per heavy atom. The van der Waals surface area contributed by atoms with Gasteiger partial charge in [-0.15, -0.1) is 0 Å². The van der Waals surface area contributed by atoms with Gasteiger partial charge < -0.3 is 5.73 Å². The minimum absolute atomic E-state index is 0.0253. The highest BCUT2D eigenvalue weighted by Crippen LogP contribution is 2.27. The first kappa shape index (κ1) is 16.2. The predicted octanol–water partition coefficient (Wildman–Crippen LogP) is 2.01. The third-order valence-electron chi connectivity index (χ3n) is 3.06. The lowest BCUT2D eigenvalue weighted by molar-refractivity contribution is 0.969. The summed E-state index contributed by atoms with van der Waals surface area (Å²) in [5.74, 6) is 0. The molecule has 120 valence electrons. The van der Waals surface area contributed by atoms with Crippen LogP contribution in [0, 0.1) is 0 Å². The maximum absolute atomic E-state index is 12.7. The van der Waals surface area contributed by atoms with E-state index in [-0.39, 0.29) is 10.7 Å². The summed E-state index contributed by atoms with van der Waals surface area (Å²) in [6.07, 6.45) is 3.05. The molecule has 8 heteroatoms. The molecule has 0 bridgehead atoms. The zero-order chi connectivity index (χ0) is 16.9. The second kappa shape index (κ2) is 7.24. The van der Waals surface area contributed by atoms with Crippen LogP contribution in [0.2, 0.25) is 0 Å². The van der Waals surface area contributed by atoms with Crippen LogP contribution in [-0.2, 0) is 0 Å². The van der Waals surface area contributed by atoms with Crippen molar-refractivity contribution < 1.29 is 0 Å². The van der Waals surface area contributed by atoms with Gasteiger partial charge in [-0.2, -0.15) is 5.10 Å². The summed E-state index contributed by atoms with van der Waals surface area (Å²) in [6, 6.07) is 15.1. The molecule has 1 aromatic carbocycles. The minimum Gasteiger partial charge on any atom is -0.375 e. The van der Waals surface area contributed by atoms with E-state index in [1.807, 2.05) is 36.4 Å². The highest BCUT2D eigenvalue weighted by Gasteiger charge is 2.12. The molecule has 0 amide bonds. The molecular weight excluding hydrogens is 342 g/mol. The Kier molecular flexibility index (Phi) is 4.88. The van der Waals surface area contributed by atoms with E-state index in [2.05, 4.69) is 15.5 Å². The number of hydrazone groups is 1. The zero-order valence-electron chi connectivity index (χ0n) is 12.4. The molecule has 3 N–H and O–H groups in total. The number of rotatable bonds is 4. The summed E-state index contributed by atoms with van der Waals surface area (Å²) in [7, 11) is 0. The quantitative estimate of drug-likeness (QED) is 0.322. The van der Waals surface area contributed by atoms with Gasteiger partial charge in [-0.1, -0.05) is 36.0 Å². The Hall–Kier alpha value is -2.71. The highest BCUT2D eigenvalue weighted by molar-refractivity contribution is 7.99. The summed E-state index contributed by atoms with van der Waals surface area (Å²) in [4.78, 5) is 18.3. The molecule has 3 aromatic rings. The normalized spacial score (nSPS) is 11.0. The van der Waals surface area contributed by atoms with E-state index in [9.17, 15) is 4.79 Å². The van der Waals surface area contributed by atoms with Gasteiger partial charge in [0.05, 0.1) is 11.8 Å². The largest absolute Gasteiger partial charge is 0.375 e. The molecule has 6 nitrogen and oxygen atoms in total. The molecule has 2 aromatic heterocycles. The number of nitrogens with one attached hydrogen (secondary N) is 1. The maximum Gasteiger partial charge on any atom is 0.267 e. The van der Waals surface area contributed by atoms with Crippen molar-refractivity contribution in [2.75, 3.05) is 0 Å². The van der Waals surface area contributed by atoms with Gasteiger partial charge in [0.15, 0.2) is 5.11 Å². The van der Waals surface area contributed by atoms with E-state index >= 15 is 0 Å². The first-order chi connectivity index (χ1) is 11.6. The summed E-state index contributed by atoms with van der Waals surface area (Å²) in [5, 5.41) is 4.49. The molecule has 0 spiro atoms. The molecule has 0 saturated carbocycles. The number of benzene rings is 1. The van der Waals surface area contributed by atoms with Crippen molar-refractivity contribution in [2.45, 2.75) is 9.92 Å². The molecule has 24 heavy (non-hydrogen) atoms. The van der Waals surface area contributed by atoms with Gasteiger partial charge in [-0.25, -0.2) is 4.98 Å². The Bertz CT molecular complexity index is 969. The van der Waals surface area contributed by atoms with Crippen molar-refractivity contribution in [3.8, 4) is 0 Å². The van der Waals surface area contributed by atoms with Crippen LogP contribution in [-0.4, -0.2) is 20.7 Å². The fraction of sp³-hybridized carbons (Fsp3) is 0. The Labute approximate surface area is 147 Å². The van der Waals surface area contributed by atoms with Crippen LogP contribution in [0.5, 0.6) is 0 Å². The summed E-state index contributed by atoms with van der Waals surface area (Å²) < 4.78 is 1.47. The fourth-order valence-corrected chi connectivity index (χ4v) is 2.99. The van der Waals surface area contributed by atoms with Crippen LogP contribution >= 0.6 is 24.0 Å². The van der Waals surface area contributed by atoms with Gasteiger partial charge in [0.25, 0.3) is 5.56 Å². The molecule has 0 saturated heterocycles. The van der Waals surface area contributed by atoms with E-state index in [0.717, 1.165) is 4.90 Å². The maximum atomic E-state index is 12.7. The lowest BCUT2D eigenvalue weighted by Crippen LogP contribution is -2.25. The number of nitrogens with zero attached hydrogens (tertiary/aromatic N) is 3. The molecule has 0 fully saturated rings. The number of thiocarbonyl (C=S) groups is 1.